The number of benzene rings is 2. The van der Waals surface area contributed by atoms with Gasteiger partial charge in [-0.2, -0.15) is 0 Å². The maximum Gasteiger partial charge on any atom is 0.407 e. The molecule has 1 amide bonds. The molecule has 6 nitrogen and oxygen atoms in total. The molecule has 0 radical (unpaired) electrons. The molecule has 166 valence electrons. The number of terminal acetylenes is 1. The van der Waals surface area contributed by atoms with Gasteiger partial charge in [-0.15, -0.1) is 12.3 Å². The summed E-state index contributed by atoms with van der Waals surface area (Å²) in [6, 6.07) is 15.1. The van der Waals surface area contributed by atoms with Crippen LogP contribution in [0.15, 0.2) is 48.5 Å². The molecule has 0 unspecified atom stereocenters. The van der Waals surface area contributed by atoms with Gasteiger partial charge in [0.2, 0.25) is 0 Å². The predicted octanol–water partition coefficient (Wildman–Crippen LogP) is 3.47. The molecule has 4 rings (SSSR count). The van der Waals surface area contributed by atoms with Crippen molar-refractivity contribution in [2.24, 2.45) is 5.41 Å². The van der Waals surface area contributed by atoms with Crippen LogP contribution in [0, 0.1) is 17.8 Å². The van der Waals surface area contributed by atoms with Gasteiger partial charge >= 0.3 is 12.1 Å². The van der Waals surface area contributed by atoms with Crippen LogP contribution in [0.2, 0.25) is 0 Å². The lowest BCUT2D eigenvalue weighted by molar-refractivity contribution is -0.881. The highest BCUT2D eigenvalue weighted by molar-refractivity contribution is 5.82. The van der Waals surface area contributed by atoms with E-state index in [2.05, 4.69) is 23.4 Å². The first-order chi connectivity index (χ1) is 15.3. The fraction of sp³-hybridized carbons (Fsp3) is 0.385. The number of likely N-dealkylation sites (tertiary alicyclic amines) is 1. The number of carbonyl (C=O) groups is 2. The molecule has 32 heavy (non-hydrogen) atoms. The largest absolute Gasteiger partial charge is 0.480 e. The standard InChI is InChI=1S/C26H28N2O4/c1-4-13-26(14-15-28(2,3)17-26)23(24(29)30)27-25(31)32-16-22-20-11-7-5-9-18(20)19-10-6-8-12-21(19)22/h1,5-12,22-23H,13-17H2,2-3H3,(H-,27,29,30,31)/p+1/t23-,26+/m1/s1. The number of aliphatic carboxylic acids is 1. The summed E-state index contributed by atoms with van der Waals surface area (Å²) >= 11 is 0. The number of nitrogens with zero attached hydrogens (tertiary/aromatic N) is 1. The number of carboxylic acid groups (broad SMARTS) is 1. The van der Waals surface area contributed by atoms with Crippen molar-refractivity contribution >= 4 is 12.1 Å². The van der Waals surface area contributed by atoms with E-state index >= 15 is 0 Å². The number of nitrogens with one attached hydrogen (secondary N) is 1. The zero-order valence-corrected chi connectivity index (χ0v) is 18.5. The van der Waals surface area contributed by atoms with E-state index in [1.165, 1.54) is 0 Å². The van der Waals surface area contributed by atoms with Crippen LogP contribution < -0.4 is 5.32 Å². The fourth-order valence-corrected chi connectivity index (χ4v) is 5.46. The van der Waals surface area contributed by atoms with Crippen molar-refractivity contribution in [3.63, 3.8) is 0 Å². The molecule has 0 saturated carbocycles. The van der Waals surface area contributed by atoms with Crippen LogP contribution in [0.5, 0.6) is 0 Å². The molecule has 1 heterocycles. The monoisotopic (exact) mass is 433 g/mol. The first-order valence-electron chi connectivity index (χ1n) is 10.9. The van der Waals surface area contributed by atoms with Crippen LogP contribution in [-0.2, 0) is 9.53 Å². The summed E-state index contributed by atoms with van der Waals surface area (Å²) in [5.41, 5.74) is 3.79. The number of rotatable bonds is 6. The van der Waals surface area contributed by atoms with Gasteiger partial charge in [0.15, 0.2) is 0 Å². The van der Waals surface area contributed by atoms with E-state index < -0.39 is 23.5 Å². The van der Waals surface area contributed by atoms with Crippen molar-refractivity contribution in [3.05, 3.63) is 59.7 Å². The maximum absolute atomic E-state index is 12.7. The lowest BCUT2D eigenvalue weighted by atomic mass is 9.76. The molecule has 0 spiro atoms. The minimum Gasteiger partial charge on any atom is -0.480 e. The van der Waals surface area contributed by atoms with Gasteiger partial charge in [0.05, 0.1) is 32.6 Å². The summed E-state index contributed by atoms with van der Waals surface area (Å²) < 4.78 is 6.25. The van der Waals surface area contributed by atoms with Gasteiger partial charge in [-0.05, 0) is 22.3 Å². The molecule has 1 aliphatic carbocycles. The molecule has 0 aromatic heterocycles. The van der Waals surface area contributed by atoms with E-state index in [4.69, 9.17) is 11.2 Å². The number of fused-ring (bicyclic) bond motifs is 3. The van der Waals surface area contributed by atoms with Crippen molar-refractivity contribution < 1.29 is 23.9 Å². The Labute approximate surface area is 188 Å². The van der Waals surface area contributed by atoms with Gasteiger partial charge in [-0.3, -0.25) is 0 Å². The summed E-state index contributed by atoms with van der Waals surface area (Å²) in [6.45, 7) is 1.52. The molecular weight excluding hydrogens is 404 g/mol. The second-order valence-electron chi connectivity index (χ2n) is 9.55. The Morgan fingerprint density at radius 1 is 1.19 bits per heavy atom. The van der Waals surface area contributed by atoms with E-state index in [9.17, 15) is 14.7 Å². The van der Waals surface area contributed by atoms with Gasteiger partial charge in [-0.1, -0.05) is 48.5 Å². The highest BCUT2D eigenvalue weighted by Gasteiger charge is 2.53. The summed E-state index contributed by atoms with van der Waals surface area (Å²) in [6.07, 6.45) is 5.78. The Bertz CT molecular complexity index is 1040. The van der Waals surface area contributed by atoms with Crippen molar-refractivity contribution in [3.8, 4) is 23.5 Å². The quantitative estimate of drug-likeness (QED) is 0.540. The average molecular weight is 434 g/mol. The first kappa shape index (κ1) is 21.9. The van der Waals surface area contributed by atoms with Crippen molar-refractivity contribution in [1.29, 1.82) is 0 Å². The van der Waals surface area contributed by atoms with Crippen LogP contribution >= 0.6 is 0 Å². The third kappa shape index (κ3) is 3.96. The molecule has 2 aromatic carbocycles. The third-order valence-electron chi connectivity index (χ3n) is 6.88. The normalized spacial score (nSPS) is 21.8. The number of carbonyl (C=O) groups excluding carboxylic acids is 1. The Morgan fingerprint density at radius 3 is 2.28 bits per heavy atom. The average Bonchev–Trinajstić information content (AvgIpc) is 3.25. The molecule has 6 heteroatoms. The fourth-order valence-electron chi connectivity index (χ4n) is 5.46. The molecule has 2 atom stereocenters. The van der Waals surface area contributed by atoms with Gasteiger partial charge in [0.25, 0.3) is 0 Å². The second-order valence-corrected chi connectivity index (χ2v) is 9.55. The summed E-state index contributed by atoms with van der Waals surface area (Å²) in [5, 5.41) is 12.6. The smallest absolute Gasteiger partial charge is 0.407 e. The van der Waals surface area contributed by atoms with Crippen molar-refractivity contribution in [1.82, 2.24) is 5.32 Å². The number of quaternary nitrogens is 1. The number of carboxylic acids is 1. The Morgan fingerprint density at radius 2 is 1.78 bits per heavy atom. The third-order valence-corrected chi connectivity index (χ3v) is 6.88. The lowest BCUT2D eigenvalue weighted by Crippen LogP contribution is -2.55. The summed E-state index contributed by atoms with van der Waals surface area (Å²) in [7, 11) is 4.09. The predicted molar refractivity (Wildman–Crippen MR) is 122 cm³/mol. The van der Waals surface area contributed by atoms with Gasteiger partial charge < -0.3 is 19.6 Å². The van der Waals surface area contributed by atoms with E-state index in [1.807, 2.05) is 50.5 Å². The zero-order chi connectivity index (χ0) is 22.9. The highest BCUT2D eigenvalue weighted by Crippen LogP contribution is 2.44. The van der Waals surface area contributed by atoms with Gasteiger partial charge in [-0.25, -0.2) is 9.59 Å². The number of hydrogen-bond acceptors (Lipinski definition) is 3. The molecule has 2 aromatic rings. The first-order valence-corrected chi connectivity index (χ1v) is 10.9. The molecule has 1 aliphatic heterocycles. The van der Waals surface area contributed by atoms with Gasteiger partial charge in [0, 0.05) is 18.8 Å². The van der Waals surface area contributed by atoms with Crippen molar-refractivity contribution in [2.45, 2.75) is 24.8 Å². The molecule has 2 N–H and O–H groups in total. The van der Waals surface area contributed by atoms with Crippen LogP contribution in [-0.4, -0.2) is 61.5 Å². The molecule has 1 saturated heterocycles. The molecular formula is C26H29N2O4+. The number of hydrogen-bond donors (Lipinski definition) is 2. The summed E-state index contributed by atoms with van der Waals surface area (Å²) in [5.74, 6) is 1.46. The SMILES string of the molecule is C#CC[C@]1([C@H](NC(=O)OCC2c3ccccc3-c3ccccc32)C(=O)O)CC[N+](C)(C)C1. The van der Waals surface area contributed by atoms with E-state index in [0.717, 1.165) is 28.8 Å². The zero-order valence-electron chi connectivity index (χ0n) is 18.5. The highest BCUT2D eigenvalue weighted by atomic mass is 16.5. The number of ether oxygens (including phenoxy) is 1. The minimum absolute atomic E-state index is 0.0850. The maximum atomic E-state index is 12.7. The number of alkyl carbamates (subject to hydrolysis) is 1. The van der Waals surface area contributed by atoms with Crippen LogP contribution in [0.1, 0.15) is 29.9 Å². The molecule has 2 aliphatic rings. The van der Waals surface area contributed by atoms with Crippen LogP contribution in [0.4, 0.5) is 4.79 Å². The van der Waals surface area contributed by atoms with E-state index in [0.29, 0.717) is 17.4 Å². The van der Waals surface area contributed by atoms with Crippen LogP contribution in [0.3, 0.4) is 0 Å². The van der Waals surface area contributed by atoms with Gasteiger partial charge in [0.1, 0.15) is 12.6 Å². The minimum atomic E-state index is -1.10. The summed E-state index contributed by atoms with van der Waals surface area (Å²) in [4.78, 5) is 24.9. The van der Waals surface area contributed by atoms with Crippen LogP contribution in [0.25, 0.3) is 11.1 Å². The van der Waals surface area contributed by atoms with Crippen molar-refractivity contribution in [2.75, 3.05) is 33.8 Å². The topological polar surface area (TPSA) is 75.6 Å². The Kier molecular flexibility index (Phi) is 5.70. The number of amides is 1. The Hall–Kier alpha value is -3.30. The molecule has 0 bridgehead atoms. The Balaban J connectivity index is 1.50. The van der Waals surface area contributed by atoms with E-state index in [-0.39, 0.29) is 18.9 Å². The second kappa shape index (κ2) is 8.33. The molecule has 1 fully saturated rings. The lowest BCUT2D eigenvalue weighted by Gasteiger charge is -2.34. The van der Waals surface area contributed by atoms with E-state index in [1.54, 1.807) is 0 Å².